The van der Waals surface area contributed by atoms with Gasteiger partial charge in [-0.3, -0.25) is 9.48 Å². The summed E-state index contributed by atoms with van der Waals surface area (Å²) < 4.78 is 12.8. The lowest BCUT2D eigenvalue weighted by molar-refractivity contribution is -0.125. The molecule has 1 N–H and O–H groups in total. The van der Waals surface area contributed by atoms with Crippen LogP contribution in [0, 0.1) is 6.92 Å². The van der Waals surface area contributed by atoms with Crippen LogP contribution in [-0.4, -0.2) is 28.4 Å². The summed E-state index contributed by atoms with van der Waals surface area (Å²) in [5.74, 6) is 1.63. The summed E-state index contributed by atoms with van der Waals surface area (Å²) in [6, 6.07) is 9.10. The molecule has 2 heterocycles. The second-order valence-electron chi connectivity index (χ2n) is 4.65. The number of rotatable bonds is 2. The second kappa shape index (κ2) is 4.88. The fourth-order valence-corrected chi connectivity index (χ4v) is 2.08. The van der Waals surface area contributed by atoms with Crippen LogP contribution in [0.2, 0.25) is 0 Å². The average molecular weight is 273 g/mol. The minimum Gasteiger partial charge on any atom is -0.485 e. The Morgan fingerprint density at radius 2 is 2.15 bits per heavy atom. The molecule has 1 aliphatic rings. The van der Waals surface area contributed by atoms with Gasteiger partial charge in [0.25, 0.3) is 5.91 Å². The molecule has 0 unspecified atom stereocenters. The van der Waals surface area contributed by atoms with Crippen LogP contribution in [-0.2, 0) is 11.8 Å². The predicted molar refractivity (Wildman–Crippen MR) is 72.9 cm³/mol. The maximum atomic E-state index is 12.2. The Morgan fingerprint density at radius 1 is 1.40 bits per heavy atom. The number of amides is 1. The molecule has 0 saturated heterocycles. The van der Waals surface area contributed by atoms with E-state index in [1.807, 2.05) is 25.1 Å². The van der Waals surface area contributed by atoms with Crippen molar-refractivity contribution < 1.29 is 14.3 Å². The van der Waals surface area contributed by atoms with Gasteiger partial charge in [0.1, 0.15) is 12.4 Å². The van der Waals surface area contributed by atoms with Crippen molar-refractivity contribution in [3.8, 4) is 11.5 Å². The number of nitrogens with zero attached hydrogens (tertiary/aromatic N) is 2. The molecule has 1 aromatic heterocycles. The van der Waals surface area contributed by atoms with Gasteiger partial charge in [0, 0.05) is 13.1 Å². The zero-order chi connectivity index (χ0) is 14.1. The summed E-state index contributed by atoms with van der Waals surface area (Å²) in [6.45, 7) is 2.06. The molecule has 2 aromatic rings. The highest BCUT2D eigenvalue weighted by Crippen LogP contribution is 2.31. The number of carbonyl (C=O) groups excluding carboxylic acids is 1. The highest BCUT2D eigenvalue weighted by molar-refractivity contribution is 5.94. The molecular formula is C14H15N3O3. The van der Waals surface area contributed by atoms with Gasteiger partial charge >= 0.3 is 0 Å². The van der Waals surface area contributed by atoms with Crippen LogP contribution < -0.4 is 14.8 Å². The molecule has 20 heavy (non-hydrogen) atoms. The van der Waals surface area contributed by atoms with E-state index in [1.54, 1.807) is 23.9 Å². The van der Waals surface area contributed by atoms with Gasteiger partial charge in [0.15, 0.2) is 11.5 Å². The molecule has 0 spiro atoms. The first-order valence-corrected chi connectivity index (χ1v) is 6.33. The third-order valence-electron chi connectivity index (χ3n) is 3.05. The highest BCUT2D eigenvalue weighted by Gasteiger charge is 2.27. The number of hydrogen-bond donors (Lipinski definition) is 1. The van der Waals surface area contributed by atoms with Gasteiger partial charge in [-0.05, 0) is 19.1 Å². The lowest BCUT2D eigenvalue weighted by atomic mass is 10.2. The number of aryl methyl sites for hydroxylation is 2. The molecule has 0 saturated carbocycles. The minimum atomic E-state index is -0.667. The van der Waals surface area contributed by atoms with Gasteiger partial charge in [-0.2, -0.15) is 5.10 Å². The topological polar surface area (TPSA) is 65.4 Å². The second-order valence-corrected chi connectivity index (χ2v) is 4.65. The summed E-state index contributed by atoms with van der Waals surface area (Å²) in [4.78, 5) is 12.2. The summed E-state index contributed by atoms with van der Waals surface area (Å²) in [7, 11) is 1.77. The molecular weight excluding hydrogens is 258 g/mol. The van der Waals surface area contributed by atoms with E-state index in [0.29, 0.717) is 17.3 Å². The van der Waals surface area contributed by atoms with E-state index >= 15 is 0 Å². The van der Waals surface area contributed by atoms with E-state index in [4.69, 9.17) is 9.47 Å². The number of anilines is 1. The fraction of sp³-hybridized carbons (Fsp3) is 0.286. The highest BCUT2D eigenvalue weighted by atomic mass is 16.6. The predicted octanol–water partition coefficient (Wildman–Crippen LogP) is 1.51. The lowest BCUT2D eigenvalue weighted by Crippen LogP contribution is -2.40. The Kier molecular flexibility index (Phi) is 3.06. The molecule has 6 nitrogen and oxygen atoms in total. The van der Waals surface area contributed by atoms with Gasteiger partial charge in [0.2, 0.25) is 6.10 Å². The quantitative estimate of drug-likeness (QED) is 0.900. The first-order chi connectivity index (χ1) is 9.63. The first kappa shape index (κ1) is 12.5. The fourth-order valence-electron chi connectivity index (χ4n) is 2.08. The number of nitrogens with one attached hydrogen (secondary N) is 1. The monoisotopic (exact) mass is 273 g/mol. The molecule has 6 heteroatoms. The molecule has 0 aliphatic carbocycles. The third-order valence-corrected chi connectivity index (χ3v) is 3.05. The molecule has 104 valence electrons. The van der Waals surface area contributed by atoms with E-state index in [1.165, 1.54) is 0 Å². The number of benzene rings is 1. The number of ether oxygens (including phenoxy) is 2. The van der Waals surface area contributed by atoms with Crippen molar-refractivity contribution >= 4 is 11.7 Å². The Bertz CT molecular complexity index is 651. The van der Waals surface area contributed by atoms with E-state index in [2.05, 4.69) is 10.4 Å². The van der Waals surface area contributed by atoms with Gasteiger partial charge < -0.3 is 14.8 Å². The van der Waals surface area contributed by atoms with Crippen LogP contribution in [0.15, 0.2) is 30.3 Å². The molecule has 1 atom stereocenters. The van der Waals surface area contributed by atoms with E-state index < -0.39 is 6.10 Å². The molecule has 3 rings (SSSR count). The first-order valence-electron chi connectivity index (χ1n) is 6.33. The minimum absolute atomic E-state index is 0.194. The van der Waals surface area contributed by atoms with Crippen LogP contribution in [0.25, 0.3) is 0 Å². The van der Waals surface area contributed by atoms with Crippen molar-refractivity contribution in [2.75, 3.05) is 11.9 Å². The number of para-hydroxylation sites is 2. The number of fused-ring (bicyclic) bond motifs is 1. The Labute approximate surface area is 116 Å². The van der Waals surface area contributed by atoms with Crippen LogP contribution in [0.1, 0.15) is 5.69 Å². The van der Waals surface area contributed by atoms with Crippen LogP contribution in [0.4, 0.5) is 5.82 Å². The number of aromatic nitrogens is 2. The van der Waals surface area contributed by atoms with E-state index in [9.17, 15) is 4.79 Å². The van der Waals surface area contributed by atoms with Crippen LogP contribution in [0.5, 0.6) is 11.5 Å². The number of hydrogen-bond acceptors (Lipinski definition) is 4. The van der Waals surface area contributed by atoms with Crippen molar-refractivity contribution in [1.29, 1.82) is 0 Å². The van der Waals surface area contributed by atoms with Crippen molar-refractivity contribution in [2.24, 2.45) is 7.05 Å². The van der Waals surface area contributed by atoms with Gasteiger partial charge in [-0.25, -0.2) is 0 Å². The summed E-state index contributed by atoms with van der Waals surface area (Å²) >= 11 is 0. The van der Waals surface area contributed by atoms with E-state index in [0.717, 1.165) is 5.69 Å². The van der Waals surface area contributed by atoms with Crippen molar-refractivity contribution in [1.82, 2.24) is 9.78 Å². The molecule has 0 bridgehead atoms. The van der Waals surface area contributed by atoms with Crippen molar-refractivity contribution in [2.45, 2.75) is 13.0 Å². The standard InChI is InChI=1S/C14H15N3O3/c1-9-7-13(17(2)16-9)15-14(18)12-8-19-10-5-3-4-6-11(10)20-12/h3-7,12H,8H2,1-2H3,(H,15,18)/t12-/m1/s1. The van der Waals surface area contributed by atoms with Crippen molar-refractivity contribution in [3.05, 3.63) is 36.0 Å². The van der Waals surface area contributed by atoms with Gasteiger partial charge in [-0.15, -0.1) is 0 Å². The summed E-state index contributed by atoms with van der Waals surface area (Å²) in [5.41, 5.74) is 0.842. The molecule has 0 fully saturated rings. The third kappa shape index (κ3) is 2.32. The lowest BCUT2D eigenvalue weighted by Gasteiger charge is -2.25. The van der Waals surface area contributed by atoms with Crippen molar-refractivity contribution in [3.63, 3.8) is 0 Å². The van der Waals surface area contributed by atoms with Crippen LogP contribution >= 0.6 is 0 Å². The smallest absolute Gasteiger partial charge is 0.270 e. The van der Waals surface area contributed by atoms with Crippen LogP contribution in [0.3, 0.4) is 0 Å². The zero-order valence-electron chi connectivity index (χ0n) is 11.3. The Morgan fingerprint density at radius 3 is 2.85 bits per heavy atom. The number of carbonyl (C=O) groups is 1. The summed E-state index contributed by atoms with van der Waals surface area (Å²) in [6.07, 6.45) is -0.667. The van der Waals surface area contributed by atoms with Gasteiger partial charge in [0.05, 0.1) is 5.69 Å². The SMILES string of the molecule is Cc1cc(NC(=O)[C@H]2COc3ccccc3O2)n(C)n1. The molecule has 1 amide bonds. The molecule has 1 aromatic carbocycles. The normalized spacial score (nSPS) is 16.8. The summed E-state index contributed by atoms with van der Waals surface area (Å²) in [5, 5.41) is 6.96. The van der Waals surface area contributed by atoms with E-state index in [-0.39, 0.29) is 12.5 Å². The molecule has 1 aliphatic heterocycles. The maximum absolute atomic E-state index is 12.2. The molecule has 0 radical (unpaired) electrons. The van der Waals surface area contributed by atoms with Gasteiger partial charge in [-0.1, -0.05) is 12.1 Å². The largest absolute Gasteiger partial charge is 0.485 e. The Hall–Kier alpha value is -2.50. The maximum Gasteiger partial charge on any atom is 0.270 e. The Balaban J connectivity index is 1.72. The average Bonchev–Trinajstić information content (AvgIpc) is 2.76. The zero-order valence-corrected chi connectivity index (χ0v) is 11.3.